The molecule has 4 rings (SSSR count). The summed E-state index contributed by atoms with van der Waals surface area (Å²) in [6, 6.07) is 16.5. The molecule has 3 N–H and O–H groups in total. The first kappa shape index (κ1) is 17.6. The first-order chi connectivity index (χ1) is 13.7. The molecule has 0 bridgehead atoms. The minimum Gasteiger partial charge on any atom is -0.309 e. The molecular weight excluding hydrogens is 356 g/mol. The molecule has 1 aliphatic heterocycles. The highest BCUT2D eigenvalue weighted by atomic mass is 16.2. The SMILES string of the molecule is CCN1C(=O)CN(Nc2ccc(C(=O)Nc3ccn[nH]3)cc2)c2ccccc21. The molecule has 0 atom stereocenters. The maximum atomic E-state index is 12.5. The highest BCUT2D eigenvalue weighted by molar-refractivity contribution is 6.04. The van der Waals surface area contributed by atoms with Crippen LogP contribution >= 0.6 is 0 Å². The molecule has 0 saturated heterocycles. The fraction of sp³-hybridized carbons (Fsp3) is 0.150. The van der Waals surface area contributed by atoms with Gasteiger partial charge in [0.05, 0.1) is 23.3 Å². The van der Waals surface area contributed by atoms with E-state index in [1.165, 1.54) is 0 Å². The molecular formula is C20H20N6O2. The lowest BCUT2D eigenvalue weighted by Crippen LogP contribution is -2.47. The van der Waals surface area contributed by atoms with E-state index in [9.17, 15) is 9.59 Å². The van der Waals surface area contributed by atoms with Gasteiger partial charge in [-0.2, -0.15) is 5.10 Å². The Morgan fingerprint density at radius 3 is 2.54 bits per heavy atom. The van der Waals surface area contributed by atoms with Crippen molar-refractivity contribution in [3.8, 4) is 0 Å². The number of hydrazine groups is 1. The van der Waals surface area contributed by atoms with Crippen molar-refractivity contribution < 1.29 is 9.59 Å². The number of carbonyl (C=O) groups excluding carboxylic acids is 2. The number of carbonyl (C=O) groups is 2. The van der Waals surface area contributed by atoms with Gasteiger partial charge < -0.3 is 10.2 Å². The molecule has 0 unspecified atom stereocenters. The third-order valence-corrected chi connectivity index (χ3v) is 4.53. The molecule has 8 nitrogen and oxygen atoms in total. The number of aromatic amines is 1. The van der Waals surface area contributed by atoms with Crippen LogP contribution in [-0.4, -0.2) is 35.1 Å². The van der Waals surface area contributed by atoms with Crippen molar-refractivity contribution in [2.45, 2.75) is 6.92 Å². The number of aromatic nitrogens is 2. The lowest BCUT2D eigenvalue weighted by atomic mass is 10.1. The molecule has 0 spiro atoms. The van der Waals surface area contributed by atoms with Crippen LogP contribution in [0.25, 0.3) is 0 Å². The molecule has 8 heteroatoms. The minimum absolute atomic E-state index is 0.0317. The summed E-state index contributed by atoms with van der Waals surface area (Å²) < 4.78 is 0. The Labute approximate surface area is 162 Å². The van der Waals surface area contributed by atoms with Crippen molar-refractivity contribution in [2.24, 2.45) is 0 Å². The van der Waals surface area contributed by atoms with Gasteiger partial charge in [0.25, 0.3) is 5.91 Å². The molecule has 2 aromatic carbocycles. The Bertz CT molecular complexity index is 984. The fourth-order valence-electron chi connectivity index (χ4n) is 3.18. The number of anilines is 4. The Hall–Kier alpha value is -3.81. The van der Waals surface area contributed by atoms with Crippen LogP contribution in [0.4, 0.5) is 22.9 Å². The van der Waals surface area contributed by atoms with Gasteiger partial charge >= 0.3 is 0 Å². The first-order valence-electron chi connectivity index (χ1n) is 9.00. The number of H-pyrrole nitrogens is 1. The van der Waals surface area contributed by atoms with Crippen LogP contribution in [0.3, 0.4) is 0 Å². The van der Waals surface area contributed by atoms with Crippen LogP contribution in [0.1, 0.15) is 17.3 Å². The highest BCUT2D eigenvalue weighted by Crippen LogP contribution is 2.33. The van der Waals surface area contributed by atoms with E-state index in [4.69, 9.17) is 0 Å². The lowest BCUT2D eigenvalue weighted by Gasteiger charge is -2.37. The quantitative estimate of drug-likeness (QED) is 0.637. The zero-order valence-corrected chi connectivity index (χ0v) is 15.3. The second-order valence-corrected chi connectivity index (χ2v) is 6.33. The van der Waals surface area contributed by atoms with Crippen molar-refractivity contribution in [3.05, 3.63) is 66.4 Å². The maximum absolute atomic E-state index is 12.5. The number of benzene rings is 2. The summed E-state index contributed by atoms with van der Waals surface area (Å²) >= 11 is 0. The Morgan fingerprint density at radius 2 is 1.86 bits per heavy atom. The van der Waals surface area contributed by atoms with E-state index in [0.717, 1.165) is 17.1 Å². The van der Waals surface area contributed by atoms with E-state index in [1.807, 2.05) is 36.2 Å². The second kappa shape index (κ2) is 7.43. The number of amides is 2. The van der Waals surface area contributed by atoms with Crippen LogP contribution in [0, 0.1) is 0 Å². The number of fused-ring (bicyclic) bond motifs is 1. The molecule has 1 aromatic heterocycles. The molecule has 0 saturated carbocycles. The van der Waals surface area contributed by atoms with Gasteiger partial charge in [-0.1, -0.05) is 12.1 Å². The van der Waals surface area contributed by atoms with Crippen molar-refractivity contribution in [1.29, 1.82) is 0 Å². The van der Waals surface area contributed by atoms with Gasteiger partial charge in [-0.3, -0.25) is 25.1 Å². The van der Waals surface area contributed by atoms with E-state index in [-0.39, 0.29) is 18.4 Å². The lowest BCUT2D eigenvalue weighted by molar-refractivity contribution is -0.117. The number of nitrogens with zero attached hydrogens (tertiary/aromatic N) is 3. The van der Waals surface area contributed by atoms with Crippen molar-refractivity contribution >= 4 is 34.7 Å². The summed E-state index contributed by atoms with van der Waals surface area (Å²) in [7, 11) is 0. The van der Waals surface area contributed by atoms with Crippen molar-refractivity contribution in [3.63, 3.8) is 0 Å². The molecule has 2 amide bonds. The van der Waals surface area contributed by atoms with Gasteiger partial charge in [-0.15, -0.1) is 0 Å². The number of rotatable bonds is 5. The van der Waals surface area contributed by atoms with Crippen LogP contribution in [0.15, 0.2) is 60.8 Å². The molecule has 0 fully saturated rings. The molecule has 2 heterocycles. The summed E-state index contributed by atoms with van der Waals surface area (Å²) in [5, 5.41) is 11.0. The van der Waals surface area contributed by atoms with Gasteiger partial charge in [0.15, 0.2) is 0 Å². The van der Waals surface area contributed by atoms with E-state index >= 15 is 0 Å². The normalized spacial score (nSPS) is 13.2. The van der Waals surface area contributed by atoms with E-state index in [1.54, 1.807) is 41.4 Å². The van der Waals surface area contributed by atoms with Gasteiger partial charge in [-0.05, 0) is 43.3 Å². The molecule has 28 heavy (non-hydrogen) atoms. The van der Waals surface area contributed by atoms with Crippen LogP contribution < -0.4 is 20.7 Å². The summed E-state index contributed by atoms with van der Waals surface area (Å²) in [5.74, 6) is 0.341. The Balaban J connectivity index is 1.50. The summed E-state index contributed by atoms with van der Waals surface area (Å²) in [6.07, 6.45) is 1.57. The van der Waals surface area contributed by atoms with Gasteiger partial charge in [0, 0.05) is 18.2 Å². The second-order valence-electron chi connectivity index (χ2n) is 6.33. The number of likely N-dealkylation sites (N-methyl/N-ethyl adjacent to an activating group) is 1. The summed E-state index contributed by atoms with van der Waals surface area (Å²) in [4.78, 5) is 26.5. The first-order valence-corrected chi connectivity index (χ1v) is 9.00. The van der Waals surface area contributed by atoms with Crippen molar-refractivity contribution in [1.82, 2.24) is 10.2 Å². The third-order valence-electron chi connectivity index (χ3n) is 4.53. The highest BCUT2D eigenvalue weighted by Gasteiger charge is 2.28. The monoisotopic (exact) mass is 376 g/mol. The zero-order valence-electron chi connectivity index (χ0n) is 15.3. The van der Waals surface area contributed by atoms with Crippen LogP contribution in [0.2, 0.25) is 0 Å². The third kappa shape index (κ3) is 3.39. The number of hydrogen-bond acceptors (Lipinski definition) is 5. The van der Waals surface area contributed by atoms with Gasteiger partial charge in [0.2, 0.25) is 5.91 Å². The smallest absolute Gasteiger partial charge is 0.256 e. The van der Waals surface area contributed by atoms with E-state index in [2.05, 4.69) is 20.9 Å². The Kier molecular flexibility index (Phi) is 4.67. The molecule has 142 valence electrons. The number of para-hydroxylation sites is 2. The van der Waals surface area contributed by atoms with Crippen LogP contribution in [-0.2, 0) is 4.79 Å². The summed E-state index contributed by atoms with van der Waals surface area (Å²) in [5.41, 5.74) is 6.38. The molecule has 0 radical (unpaired) electrons. The van der Waals surface area contributed by atoms with Crippen molar-refractivity contribution in [2.75, 3.05) is 33.7 Å². The Morgan fingerprint density at radius 1 is 1.11 bits per heavy atom. The predicted molar refractivity (Wildman–Crippen MR) is 108 cm³/mol. The molecule has 3 aromatic rings. The summed E-state index contributed by atoms with van der Waals surface area (Å²) in [6.45, 7) is 2.82. The number of hydrogen-bond donors (Lipinski definition) is 3. The number of nitrogens with one attached hydrogen (secondary N) is 3. The standard InChI is InChI=1S/C20H20N6O2/c1-2-25-16-5-3-4-6-17(16)26(13-19(25)27)24-15-9-7-14(8-10-15)20(28)22-18-11-12-21-23-18/h3-12,24H,2,13H2,1H3,(H2,21,22,23,28). The van der Waals surface area contributed by atoms with Gasteiger partial charge in [-0.25, -0.2) is 0 Å². The largest absolute Gasteiger partial charge is 0.309 e. The molecule has 0 aliphatic carbocycles. The van der Waals surface area contributed by atoms with Gasteiger partial charge in [0.1, 0.15) is 12.4 Å². The van der Waals surface area contributed by atoms with E-state index in [0.29, 0.717) is 17.9 Å². The predicted octanol–water partition coefficient (Wildman–Crippen LogP) is 2.86. The maximum Gasteiger partial charge on any atom is 0.256 e. The average molecular weight is 376 g/mol. The fourth-order valence-corrected chi connectivity index (χ4v) is 3.18. The van der Waals surface area contributed by atoms with Crippen LogP contribution in [0.5, 0.6) is 0 Å². The topological polar surface area (TPSA) is 93.4 Å². The van der Waals surface area contributed by atoms with E-state index < -0.39 is 0 Å². The zero-order chi connectivity index (χ0) is 19.5. The molecule has 1 aliphatic rings. The minimum atomic E-state index is -0.229. The average Bonchev–Trinajstić information content (AvgIpc) is 3.22.